The fourth-order valence-electron chi connectivity index (χ4n) is 3.15. The van der Waals surface area contributed by atoms with Gasteiger partial charge in [-0.15, -0.1) is 24.0 Å². The van der Waals surface area contributed by atoms with Crippen molar-refractivity contribution in [3.63, 3.8) is 0 Å². The van der Waals surface area contributed by atoms with Crippen molar-refractivity contribution in [3.8, 4) is 0 Å². The van der Waals surface area contributed by atoms with Gasteiger partial charge in [0, 0.05) is 51.2 Å². The summed E-state index contributed by atoms with van der Waals surface area (Å²) in [6.07, 6.45) is 1.18. The highest BCUT2D eigenvalue weighted by atomic mass is 127. The second-order valence-corrected chi connectivity index (χ2v) is 6.72. The summed E-state index contributed by atoms with van der Waals surface area (Å²) in [7, 11) is 0. The molecule has 0 saturated carbocycles. The zero-order chi connectivity index (χ0) is 17.4. The maximum atomic E-state index is 11.6. The first-order valence-electron chi connectivity index (χ1n) is 9.24. The van der Waals surface area contributed by atoms with Crippen LogP contribution in [0.25, 0.3) is 0 Å². The van der Waals surface area contributed by atoms with E-state index < -0.39 is 0 Å². The standard InChI is InChI=1S/C17H33N5O2.HI/c1-4-18-17(20-7-6-19-16(23)14(2)3)22-8-5-15(13-22)21-9-11-24-12-10-21;/h14-15H,4-13H2,1-3H3,(H,18,20)(H,19,23);1H. The molecule has 2 heterocycles. The SMILES string of the molecule is CCNC(=NCCNC(=O)C(C)C)N1CCC(N2CCOCC2)C1.I. The second-order valence-electron chi connectivity index (χ2n) is 6.72. The number of aliphatic imine (C=N–C) groups is 1. The first kappa shape index (κ1) is 22.4. The van der Waals surface area contributed by atoms with Crippen molar-refractivity contribution in [2.24, 2.45) is 10.9 Å². The van der Waals surface area contributed by atoms with Crippen LogP contribution in [0.15, 0.2) is 4.99 Å². The summed E-state index contributed by atoms with van der Waals surface area (Å²) in [6, 6.07) is 0.596. The number of likely N-dealkylation sites (tertiary alicyclic amines) is 1. The lowest BCUT2D eigenvalue weighted by Gasteiger charge is -2.32. The molecule has 8 heteroatoms. The molecule has 1 atom stereocenters. The first-order chi connectivity index (χ1) is 11.6. The summed E-state index contributed by atoms with van der Waals surface area (Å²) in [4.78, 5) is 21.1. The lowest BCUT2D eigenvalue weighted by atomic mass is 10.2. The van der Waals surface area contributed by atoms with E-state index in [0.29, 0.717) is 19.1 Å². The van der Waals surface area contributed by atoms with Crippen molar-refractivity contribution in [1.82, 2.24) is 20.4 Å². The molecule has 0 aromatic carbocycles. The zero-order valence-electron chi connectivity index (χ0n) is 15.8. The third-order valence-electron chi connectivity index (χ3n) is 4.56. The number of guanidine groups is 1. The molecule has 1 amide bonds. The highest BCUT2D eigenvalue weighted by Crippen LogP contribution is 2.17. The Hall–Kier alpha value is -0.610. The Balaban J connectivity index is 0.00000312. The quantitative estimate of drug-likeness (QED) is 0.261. The maximum Gasteiger partial charge on any atom is 0.222 e. The van der Waals surface area contributed by atoms with Crippen molar-refractivity contribution in [1.29, 1.82) is 0 Å². The van der Waals surface area contributed by atoms with E-state index in [2.05, 4.69) is 32.3 Å². The molecule has 25 heavy (non-hydrogen) atoms. The van der Waals surface area contributed by atoms with Gasteiger partial charge in [0.15, 0.2) is 5.96 Å². The Labute approximate surface area is 169 Å². The fourth-order valence-corrected chi connectivity index (χ4v) is 3.15. The lowest BCUT2D eigenvalue weighted by molar-refractivity contribution is -0.123. The molecule has 2 N–H and O–H groups in total. The number of hydrogen-bond acceptors (Lipinski definition) is 4. The molecule has 0 aromatic heterocycles. The maximum absolute atomic E-state index is 11.6. The summed E-state index contributed by atoms with van der Waals surface area (Å²) in [5.74, 6) is 1.07. The first-order valence-corrected chi connectivity index (χ1v) is 9.24. The van der Waals surface area contributed by atoms with E-state index >= 15 is 0 Å². The molecule has 2 saturated heterocycles. The van der Waals surface area contributed by atoms with Gasteiger partial charge >= 0.3 is 0 Å². The number of halogens is 1. The van der Waals surface area contributed by atoms with Crippen LogP contribution in [-0.4, -0.2) is 86.7 Å². The fraction of sp³-hybridized carbons (Fsp3) is 0.882. The van der Waals surface area contributed by atoms with Crippen molar-refractivity contribution in [2.45, 2.75) is 33.2 Å². The van der Waals surface area contributed by atoms with Crippen LogP contribution >= 0.6 is 24.0 Å². The minimum absolute atomic E-state index is 0. The monoisotopic (exact) mass is 467 g/mol. The summed E-state index contributed by atoms with van der Waals surface area (Å²) in [5, 5.41) is 6.30. The van der Waals surface area contributed by atoms with Crippen LogP contribution in [0.4, 0.5) is 0 Å². The lowest BCUT2D eigenvalue weighted by Crippen LogP contribution is -2.46. The van der Waals surface area contributed by atoms with Crippen molar-refractivity contribution in [3.05, 3.63) is 0 Å². The Bertz CT molecular complexity index is 427. The predicted octanol–water partition coefficient (Wildman–Crippen LogP) is 0.749. The molecule has 0 aromatic rings. The van der Waals surface area contributed by atoms with Gasteiger partial charge in [-0.3, -0.25) is 14.7 Å². The van der Waals surface area contributed by atoms with E-state index in [4.69, 9.17) is 4.74 Å². The normalized spacial score (nSPS) is 22.0. The number of morpholine rings is 1. The minimum Gasteiger partial charge on any atom is -0.379 e. The van der Waals surface area contributed by atoms with E-state index in [0.717, 1.165) is 51.9 Å². The molecule has 0 spiro atoms. The minimum atomic E-state index is 0. The van der Waals surface area contributed by atoms with Crippen molar-refractivity contribution in [2.75, 3.05) is 59.0 Å². The van der Waals surface area contributed by atoms with E-state index in [1.165, 1.54) is 6.42 Å². The highest BCUT2D eigenvalue weighted by Gasteiger charge is 2.30. The average Bonchev–Trinajstić information content (AvgIpc) is 3.08. The topological polar surface area (TPSA) is 69.2 Å². The number of carbonyl (C=O) groups excluding carboxylic acids is 1. The number of ether oxygens (including phenoxy) is 1. The van der Waals surface area contributed by atoms with Gasteiger partial charge in [-0.2, -0.15) is 0 Å². The van der Waals surface area contributed by atoms with Crippen LogP contribution in [0.2, 0.25) is 0 Å². The summed E-state index contributed by atoms with van der Waals surface area (Å²) < 4.78 is 5.45. The summed E-state index contributed by atoms with van der Waals surface area (Å²) in [6.45, 7) is 13.8. The molecule has 0 bridgehead atoms. The van der Waals surface area contributed by atoms with E-state index in [1.54, 1.807) is 0 Å². The summed E-state index contributed by atoms with van der Waals surface area (Å²) >= 11 is 0. The van der Waals surface area contributed by atoms with E-state index in [1.807, 2.05) is 13.8 Å². The molecule has 2 rings (SSSR count). The van der Waals surface area contributed by atoms with Gasteiger partial charge < -0.3 is 20.3 Å². The average molecular weight is 467 g/mol. The largest absolute Gasteiger partial charge is 0.379 e. The number of nitrogens with one attached hydrogen (secondary N) is 2. The molecule has 2 aliphatic rings. The smallest absolute Gasteiger partial charge is 0.222 e. The number of rotatable bonds is 6. The van der Waals surface area contributed by atoms with E-state index in [-0.39, 0.29) is 35.8 Å². The van der Waals surface area contributed by atoms with Gasteiger partial charge in [0.2, 0.25) is 5.91 Å². The Morgan fingerprint density at radius 2 is 1.96 bits per heavy atom. The summed E-state index contributed by atoms with van der Waals surface area (Å²) in [5.41, 5.74) is 0. The Kier molecular flexibility index (Phi) is 10.7. The molecule has 2 fully saturated rings. The van der Waals surface area contributed by atoms with Gasteiger partial charge in [-0.1, -0.05) is 13.8 Å². The van der Waals surface area contributed by atoms with Crippen LogP contribution < -0.4 is 10.6 Å². The molecule has 0 radical (unpaired) electrons. The Morgan fingerprint density at radius 3 is 2.60 bits per heavy atom. The number of nitrogens with zero attached hydrogens (tertiary/aromatic N) is 3. The van der Waals surface area contributed by atoms with Crippen LogP contribution in [-0.2, 0) is 9.53 Å². The third-order valence-corrected chi connectivity index (χ3v) is 4.56. The molecule has 7 nitrogen and oxygen atoms in total. The van der Waals surface area contributed by atoms with Gasteiger partial charge in [0.1, 0.15) is 0 Å². The second kappa shape index (κ2) is 11.9. The van der Waals surface area contributed by atoms with Crippen LogP contribution in [0.5, 0.6) is 0 Å². The third kappa shape index (κ3) is 7.26. The predicted molar refractivity (Wildman–Crippen MR) is 112 cm³/mol. The van der Waals surface area contributed by atoms with Crippen LogP contribution in [0.1, 0.15) is 27.2 Å². The van der Waals surface area contributed by atoms with Gasteiger partial charge in [-0.25, -0.2) is 0 Å². The molecule has 2 aliphatic heterocycles. The number of amides is 1. The molecular formula is C17H34IN5O2. The van der Waals surface area contributed by atoms with E-state index in [9.17, 15) is 4.79 Å². The Morgan fingerprint density at radius 1 is 1.24 bits per heavy atom. The highest BCUT2D eigenvalue weighted by molar-refractivity contribution is 14.0. The molecule has 146 valence electrons. The van der Waals surface area contributed by atoms with Crippen molar-refractivity contribution < 1.29 is 9.53 Å². The van der Waals surface area contributed by atoms with Gasteiger partial charge in [0.05, 0.1) is 19.8 Å². The zero-order valence-corrected chi connectivity index (χ0v) is 18.1. The van der Waals surface area contributed by atoms with Gasteiger partial charge in [-0.05, 0) is 13.3 Å². The molecule has 0 aliphatic carbocycles. The number of carbonyl (C=O) groups is 1. The van der Waals surface area contributed by atoms with Crippen LogP contribution in [0, 0.1) is 5.92 Å². The van der Waals surface area contributed by atoms with Crippen LogP contribution in [0.3, 0.4) is 0 Å². The number of hydrogen-bond donors (Lipinski definition) is 2. The molecule has 1 unspecified atom stereocenters. The molecular weight excluding hydrogens is 433 g/mol. The van der Waals surface area contributed by atoms with Gasteiger partial charge in [0.25, 0.3) is 0 Å². The van der Waals surface area contributed by atoms with Crippen molar-refractivity contribution >= 4 is 35.8 Å².